The van der Waals surface area contributed by atoms with Crippen LogP contribution in [0, 0.1) is 17.0 Å². The fourth-order valence-corrected chi connectivity index (χ4v) is 2.58. The Hall–Kier alpha value is -1.98. The molecule has 0 saturated heterocycles. The Morgan fingerprint density at radius 1 is 1.30 bits per heavy atom. The predicted molar refractivity (Wildman–Crippen MR) is 67.2 cm³/mol. The van der Waals surface area contributed by atoms with Crippen molar-refractivity contribution in [1.82, 2.24) is 5.32 Å². The summed E-state index contributed by atoms with van der Waals surface area (Å²) in [6.07, 6.45) is 1.68. The van der Waals surface area contributed by atoms with Crippen molar-refractivity contribution in [2.45, 2.75) is 32.2 Å². The van der Waals surface area contributed by atoms with Crippen LogP contribution in [0.25, 0.3) is 0 Å². The lowest BCUT2D eigenvalue weighted by Crippen LogP contribution is -2.47. The van der Waals surface area contributed by atoms with Gasteiger partial charge in [-0.1, -0.05) is 6.42 Å². The van der Waals surface area contributed by atoms with Gasteiger partial charge in [-0.05, 0) is 31.9 Å². The number of carboxylic acid groups (broad SMARTS) is 1. The first-order chi connectivity index (χ1) is 9.33. The van der Waals surface area contributed by atoms with Gasteiger partial charge in [0.25, 0.3) is 5.91 Å². The molecule has 0 aliphatic heterocycles. The van der Waals surface area contributed by atoms with Crippen molar-refractivity contribution in [1.29, 1.82) is 0 Å². The lowest BCUT2D eigenvalue weighted by atomic mass is 9.85. The Bertz CT molecular complexity index is 541. The lowest BCUT2D eigenvalue weighted by Gasteiger charge is -2.27. The Labute approximate surface area is 114 Å². The van der Waals surface area contributed by atoms with Gasteiger partial charge in [0.1, 0.15) is 11.6 Å². The number of carbonyl (C=O) groups is 2. The minimum absolute atomic E-state index is 0.151. The standard InChI is InChI=1S/C14H15F2NO3/c1-14(13(19)20)4-2-3-11(14)17-12(18)8-5-9(15)7-10(16)6-8/h5-7,11H,2-4H2,1H3,(H,17,18)(H,19,20). The second-order valence-corrected chi connectivity index (χ2v) is 5.30. The SMILES string of the molecule is CC1(C(=O)O)CCCC1NC(=O)c1cc(F)cc(F)c1. The maximum Gasteiger partial charge on any atom is 0.311 e. The summed E-state index contributed by atoms with van der Waals surface area (Å²) in [7, 11) is 0. The quantitative estimate of drug-likeness (QED) is 0.894. The molecular formula is C14H15F2NO3. The van der Waals surface area contributed by atoms with Gasteiger partial charge in [0, 0.05) is 17.7 Å². The van der Waals surface area contributed by atoms with Crippen LogP contribution in [0.2, 0.25) is 0 Å². The Morgan fingerprint density at radius 2 is 1.90 bits per heavy atom. The molecule has 2 atom stereocenters. The zero-order valence-electron chi connectivity index (χ0n) is 11.0. The van der Waals surface area contributed by atoms with Gasteiger partial charge < -0.3 is 10.4 Å². The van der Waals surface area contributed by atoms with Crippen molar-refractivity contribution in [2.75, 3.05) is 0 Å². The molecule has 1 aromatic carbocycles. The van der Waals surface area contributed by atoms with Crippen LogP contribution in [0.1, 0.15) is 36.5 Å². The van der Waals surface area contributed by atoms with Crippen molar-refractivity contribution in [3.63, 3.8) is 0 Å². The number of rotatable bonds is 3. The minimum atomic E-state index is -1.04. The van der Waals surface area contributed by atoms with Crippen LogP contribution in [0.15, 0.2) is 18.2 Å². The van der Waals surface area contributed by atoms with Crippen molar-refractivity contribution in [3.05, 3.63) is 35.4 Å². The van der Waals surface area contributed by atoms with E-state index in [0.717, 1.165) is 12.1 Å². The van der Waals surface area contributed by atoms with Gasteiger partial charge in [-0.25, -0.2) is 8.78 Å². The minimum Gasteiger partial charge on any atom is -0.481 e. The third-order valence-corrected chi connectivity index (χ3v) is 3.88. The lowest BCUT2D eigenvalue weighted by molar-refractivity contribution is -0.148. The maximum atomic E-state index is 13.1. The molecule has 1 saturated carbocycles. The number of benzene rings is 1. The Balaban J connectivity index is 2.17. The number of carboxylic acids is 1. The fourth-order valence-electron chi connectivity index (χ4n) is 2.58. The van der Waals surface area contributed by atoms with E-state index in [2.05, 4.69) is 5.32 Å². The largest absolute Gasteiger partial charge is 0.481 e. The zero-order chi connectivity index (χ0) is 14.9. The van der Waals surface area contributed by atoms with Crippen molar-refractivity contribution >= 4 is 11.9 Å². The van der Waals surface area contributed by atoms with Crippen molar-refractivity contribution < 1.29 is 23.5 Å². The summed E-state index contributed by atoms with van der Waals surface area (Å²) in [6, 6.07) is 1.98. The molecule has 2 rings (SSSR count). The topological polar surface area (TPSA) is 66.4 Å². The monoisotopic (exact) mass is 283 g/mol. The molecule has 20 heavy (non-hydrogen) atoms. The summed E-state index contributed by atoms with van der Waals surface area (Å²) < 4.78 is 26.1. The summed E-state index contributed by atoms with van der Waals surface area (Å²) >= 11 is 0. The highest BCUT2D eigenvalue weighted by Gasteiger charge is 2.45. The van der Waals surface area contributed by atoms with Crippen LogP contribution in [-0.2, 0) is 4.79 Å². The molecule has 4 nitrogen and oxygen atoms in total. The highest BCUT2D eigenvalue weighted by molar-refractivity contribution is 5.95. The highest BCUT2D eigenvalue weighted by Crippen LogP contribution is 2.38. The molecule has 1 aromatic rings. The van der Waals surface area contributed by atoms with E-state index in [1.807, 2.05) is 0 Å². The van der Waals surface area contributed by atoms with Gasteiger partial charge in [-0.3, -0.25) is 9.59 Å². The van der Waals surface area contributed by atoms with Gasteiger partial charge in [0.15, 0.2) is 0 Å². The van der Waals surface area contributed by atoms with Crippen molar-refractivity contribution in [2.24, 2.45) is 5.41 Å². The molecule has 0 spiro atoms. The number of aliphatic carboxylic acids is 1. The van der Waals surface area contributed by atoms with E-state index in [-0.39, 0.29) is 5.56 Å². The average molecular weight is 283 g/mol. The van der Waals surface area contributed by atoms with E-state index in [4.69, 9.17) is 0 Å². The van der Waals surface area contributed by atoms with Crippen LogP contribution in [0.3, 0.4) is 0 Å². The Morgan fingerprint density at radius 3 is 2.45 bits per heavy atom. The van der Waals surface area contributed by atoms with Crippen molar-refractivity contribution in [3.8, 4) is 0 Å². The zero-order valence-corrected chi connectivity index (χ0v) is 11.0. The summed E-state index contributed by atoms with van der Waals surface area (Å²) in [4.78, 5) is 23.3. The molecule has 0 radical (unpaired) electrons. The van der Waals surface area contributed by atoms with Gasteiger partial charge in [-0.15, -0.1) is 0 Å². The van der Waals surface area contributed by atoms with E-state index in [1.165, 1.54) is 0 Å². The molecule has 0 aromatic heterocycles. The van der Waals surface area contributed by atoms with Crippen LogP contribution < -0.4 is 5.32 Å². The van der Waals surface area contributed by atoms with Gasteiger partial charge in [0.05, 0.1) is 5.41 Å². The number of hydrogen-bond donors (Lipinski definition) is 2. The van der Waals surface area contributed by atoms with Gasteiger partial charge in [0.2, 0.25) is 0 Å². The molecule has 1 aliphatic carbocycles. The normalized spacial score (nSPS) is 25.4. The first-order valence-electron chi connectivity index (χ1n) is 6.33. The fraction of sp³-hybridized carbons (Fsp3) is 0.429. The number of hydrogen-bond acceptors (Lipinski definition) is 2. The molecule has 1 amide bonds. The summed E-state index contributed by atoms with van der Waals surface area (Å²) in [5.74, 6) is -3.33. The maximum absolute atomic E-state index is 13.1. The van der Waals surface area contributed by atoms with Crippen LogP contribution >= 0.6 is 0 Å². The van der Waals surface area contributed by atoms with E-state index < -0.39 is 35.0 Å². The number of halogens is 2. The molecule has 2 unspecified atom stereocenters. The molecule has 108 valence electrons. The number of carbonyl (C=O) groups excluding carboxylic acids is 1. The summed E-state index contributed by atoms with van der Waals surface area (Å²) in [5, 5.41) is 11.8. The first kappa shape index (κ1) is 14.4. The predicted octanol–water partition coefficient (Wildman–Crippen LogP) is 2.34. The summed E-state index contributed by atoms with van der Waals surface area (Å²) in [5.41, 5.74) is -1.19. The van der Waals surface area contributed by atoms with Gasteiger partial charge >= 0.3 is 5.97 Å². The molecule has 2 N–H and O–H groups in total. The Kier molecular flexibility index (Phi) is 3.74. The highest BCUT2D eigenvalue weighted by atomic mass is 19.1. The number of nitrogens with one attached hydrogen (secondary N) is 1. The van der Waals surface area contributed by atoms with Crippen LogP contribution in [0.4, 0.5) is 8.78 Å². The molecule has 1 aliphatic rings. The smallest absolute Gasteiger partial charge is 0.311 e. The van der Waals surface area contributed by atoms with E-state index in [0.29, 0.717) is 25.3 Å². The van der Waals surface area contributed by atoms with E-state index in [1.54, 1.807) is 6.92 Å². The summed E-state index contributed by atoms with van der Waals surface area (Å²) in [6.45, 7) is 1.57. The molecule has 6 heteroatoms. The van der Waals surface area contributed by atoms with E-state index in [9.17, 15) is 23.5 Å². The number of amides is 1. The van der Waals surface area contributed by atoms with E-state index >= 15 is 0 Å². The molecule has 1 fully saturated rings. The van der Waals surface area contributed by atoms with Gasteiger partial charge in [-0.2, -0.15) is 0 Å². The molecular weight excluding hydrogens is 268 g/mol. The third-order valence-electron chi connectivity index (χ3n) is 3.88. The third kappa shape index (κ3) is 2.64. The second-order valence-electron chi connectivity index (χ2n) is 5.30. The first-order valence-corrected chi connectivity index (χ1v) is 6.33. The van der Waals surface area contributed by atoms with Crippen LogP contribution in [0.5, 0.6) is 0 Å². The van der Waals surface area contributed by atoms with Crippen LogP contribution in [-0.4, -0.2) is 23.0 Å². The average Bonchev–Trinajstić information content (AvgIpc) is 2.71. The molecule has 0 bridgehead atoms. The second kappa shape index (κ2) is 5.19. The molecule has 0 heterocycles.